The Morgan fingerprint density at radius 1 is 1.50 bits per heavy atom. The lowest BCUT2D eigenvalue weighted by molar-refractivity contribution is 0.323. The van der Waals surface area contributed by atoms with E-state index in [1.54, 1.807) is 0 Å². The van der Waals surface area contributed by atoms with Crippen molar-refractivity contribution in [3.8, 4) is 0 Å². The zero-order valence-electron chi connectivity index (χ0n) is 11.6. The summed E-state index contributed by atoms with van der Waals surface area (Å²) in [5.41, 5.74) is 8.14. The largest absolute Gasteiger partial charge is 0.370 e. The summed E-state index contributed by atoms with van der Waals surface area (Å²) < 4.78 is 0. The summed E-state index contributed by atoms with van der Waals surface area (Å²) in [5, 5.41) is 4.04. The Bertz CT molecular complexity index is 496. The molecule has 2 rings (SSSR count). The number of aliphatic imine (C=N–C) groups is 1. The van der Waals surface area contributed by atoms with Crippen molar-refractivity contribution in [2.24, 2.45) is 10.7 Å². The van der Waals surface area contributed by atoms with Crippen molar-refractivity contribution in [3.05, 3.63) is 47.0 Å². The van der Waals surface area contributed by atoms with Gasteiger partial charge in [0.1, 0.15) is 0 Å². The van der Waals surface area contributed by atoms with Gasteiger partial charge in [0.15, 0.2) is 5.96 Å². The number of hydrogen-bond acceptors (Lipinski definition) is 1. The van der Waals surface area contributed by atoms with Crippen LogP contribution in [0.25, 0.3) is 0 Å². The topological polar surface area (TPSA) is 50.4 Å². The zero-order chi connectivity index (χ0) is 13.8. The number of halogens is 2. The minimum atomic E-state index is 0. The van der Waals surface area contributed by atoms with Crippen molar-refractivity contribution in [1.82, 2.24) is 5.32 Å². The summed E-state index contributed by atoms with van der Waals surface area (Å²) >= 11 is 6.00. The summed E-state index contributed by atoms with van der Waals surface area (Å²) in [6.07, 6.45) is 2.15. The molecule has 0 atom stereocenters. The maximum Gasteiger partial charge on any atom is 0.189 e. The molecule has 0 bridgehead atoms. The maximum absolute atomic E-state index is 6.00. The van der Waals surface area contributed by atoms with Gasteiger partial charge in [0, 0.05) is 11.1 Å². The van der Waals surface area contributed by atoms with Gasteiger partial charge in [-0.25, -0.2) is 4.99 Å². The molecule has 5 heteroatoms. The molecule has 1 saturated carbocycles. The second-order valence-corrected chi connectivity index (χ2v) is 5.66. The zero-order valence-corrected chi connectivity index (χ0v) is 14.7. The van der Waals surface area contributed by atoms with Crippen LogP contribution in [-0.4, -0.2) is 18.5 Å². The molecule has 0 heterocycles. The Labute approximate surface area is 142 Å². The van der Waals surface area contributed by atoms with E-state index < -0.39 is 0 Å². The molecule has 0 saturated heterocycles. The van der Waals surface area contributed by atoms with Crippen molar-refractivity contribution in [2.45, 2.75) is 31.7 Å². The summed E-state index contributed by atoms with van der Waals surface area (Å²) in [4.78, 5) is 4.22. The summed E-state index contributed by atoms with van der Waals surface area (Å²) in [7, 11) is 0. The number of nitrogens with two attached hydrogens (primary N) is 1. The fraction of sp³-hybridized carbons (Fsp3) is 0.400. The lowest BCUT2D eigenvalue weighted by atomic mass is 9.76. The highest BCUT2D eigenvalue weighted by molar-refractivity contribution is 14.0. The molecule has 1 aromatic rings. The van der Waals surface area contributed by atoms with Gasteiger partial charge in [-0.1, -0.05) is 35.9 Å². The molecule has 110 valence electrons. The van der Waals surface area contributed by atoms with Gasteiger partial charge in [-0.2, -0.15) is 0 Å². The van der Waals surface area contributed by atoms with Gasteiger partial charge in [0.2, 0.25) is 0 Å². The standard InChI is InChI=1S/C15H20ClN3.HI/c1-10(2)9-18-15(17)19-14-7-12(8-14)11-4-3-5-13(16)6-11;/h3-6,12,14H,1,7-9H2,2H3,(H3,17,18,19);1H. The van der Waals surface area contributed by atoms with Crippen LogP contribution in [0.4, 0.5) is 0 Å². The highest BCUT2D eigenvalue weighted by atomic mass is 127. The van der Waals surface area contributed by atoms with E-state index in [4.69, 9.17) is 17.3 Å². The molecular weight excluding hydrogens is 385 g/mol. The number of nitrogens with zero attached hydrogens (tertiary/aromatic N) is 1. The van der Waals surface area contributed by atoms with E-state index in [9.17, 15) is 0 Å². The minimum absolute atomic E-state index is 0. The lowest BCUT2D eigenvalue weighted by Gasteiger charge is -2.36. The van der Waals surface area contributed by atoms with Crippen molar-refractivity contribution in [1.29, 1.82) is 0 Å². The number of guanidine groups is 1. The van der Waals surface area contributed by atoms with Crippen LogP contribution in [0.15, 0.2) is 41.4 Å². The van der Waals surface area contributed by atoms with Crippen molar-refractivity contribution in [3.63, 3.8) is 0 Å². The predicted molar refractivity (Wildman–Crippen MR) is 97.1 cm³/mol. The first-order valence-corrected chi connectivity index (χ1v) is 6.88. The molecular formula is C15H21ClIN3. The SMILES string of the molecule is C=C(C)CN=C(N)NC1CC(c2cccc(Cl)c2)C1.I. The van der Waals surface area contributed by atoms with E-state index in [2.05, 4.69) is 23.0 Å². The third kappa shape index (κ3) is 4.98. The smallest absolute Gasteiger partial charge is 0.189 e. The van der Waals surface area contributed by atoms with Gasteiger partial charge in [-0.3, -0.25) is 0 Å². The third-order valence-corrected chi connectivity index (χ3v) is 3.56. The number of hydrogen-bond donors (Lipinski definition) is 2. The Kier molecular flexibility index (Phi) is 6.82. The van der Waals surface area contributed by atoms with E-state index in [-0.39, 0.29) is 24.0 Å². The molecule has 1 aromatic carbocycles. The number of nitrogens with one attached hydrogen (secondary N) is 1. The molecule has 0 unspecified atom stereocenters. The maximum atomic E-state index is 6.00. The van der Waals surface area contributed by atoms with Crippen LogP contribution in [0, 0.1) is 0 Å². The molecule has 1 fully saturated rings. The number of rotatable bonds is 4. The Balaban J connectivity index is 0.00000200. The summed E-state index contributed by atoms with van der Waals surface area (Å²) in [5.74, 6) is 1.09. The molecule has 0 amide bonds. The first-order valence-electron chi connectivity index (χ1n) is 6.51. The molecule has 3 N–H and O–H groups in total. The minimum Gasteiger partial charge on any atom is -0.370 e. The van der Waals surface area contributed by atoms with Crippen LogP contribution in [-0.2, 0) is 0 Å². The van der Waals surface area contributed by atoms with E-state index >= 15 is 0 Å². The van der Waals surface area contributed by atoms with Crippen molar-refractivity contribution >= 4 is 41.5 Å². The van der Waals surface area contributed by atoms with E-state index in [0.717, 1.165) is 23.4 Å². The molecule has 0 radical (unpaired) electrons. The molecule has 1 aliphatic rings. The monoisotopic (exact) mass is 405 g/mol. The molecule has 3 nitrogen and oxygen atoms in total. The normalized spacial score (nSPS) is 21.6. The Morgan fingerprint density at radius 3 is 2.80 bits per heavy atom. The molecule has 0 aliphatic heterocycles. The Morgan fingerprint density at radius 2 is 2.20 bits per heavy atom. The van der Waals surface area contributed by atoms with Crippen LogP contribution in [0.5, 0.6) is 0 Å². The van der Waals surface area contributed by atoms with E-state index in [1.165, 1.54) is 5.56 Å². The van der Waals surface area contributed by atoms with Crippen LogP contribution >= 0.6 is 35.6 Å². The summed E-state index contributed by atoms with van der Waals surface area (Å²) in [6, 6.07) is 8.49. The number of benzene rings is 1. The third-order valence-electron chi connectivity index (χ3n) is 3.33. The van der Waals surface area contributed by atoms with E-state index in [1.807, 2.05) is 25.1 Å². The van der Waals surface area contributed by atoms with Gasteiger partial charge in [0.25, 0.3) is 0 Å². The second-order valence-electron chi connectivity index (χ2n) is 5.22. The van der Waals surface area contributed by atoms with Crippen LogP contribution < -0.4 is 11.1 Å². The van der Waals surface area contributed by atoms with E-state index in [0.29, 0.717) is 24.5 Å². The van der Waals surface area contributed by atoms with Crippen LogP contribution in [0.3, 0.4) is 0 Å². The predicted octanol–water partition coefficient (Wildman–Crippen LogP) is 3.68. The highest BCUT2D eigenvalue weighted by Gasteiger charge is 2.30. The highest BCUT2D eigenvalue weighted by Crippen LogP contribution is 2.37. The van der Waals surface area contributed by atoms with Gasteiger partial charge < -0.3 is 11.1 Å². The Hall–Kier alpha value is -0.750. The van der Waals surface area contributed by atoms with Crippen molar-refractivity contribution in [2.75, 3.05) is 6.54 Å². The van der Waals surface area contributed by atoms with Gasteiger partial charge in [0.05, 0.1) is 6.54 Å². The van der Waals surface area contributed by atoms with Gasteiger partial charge >= 0.3 is 0 Å². The molecule has 1 aliphatic carbocycles. The second kappa shape index (κ2) is 7.88. The average molecular weight is 406 g/mol. The molecule has 0 aromatic heterocycles. The fourth-order valence-electron chi connectivity index (χ4n) is 2.24. The van der Waals surface area contributed by atoms with Crippen molar-refractivity contribution < 1.29 is 0 Å². The van der Waals surface area contributed by atoms with Gasteiger partial charge in [-0.05, 0) is 43.4 Å². The average Bonchev–Trinajstić information content (AvgIpc) is 2.30. The quantitative estimate of drug-likeness (QED) is 0.347. The summed E-state index contributed by atoms with van der Waals surface area (Å²) in [6.45, 7) is 6.32. The molecule has 0 spiro atoms. The van der Waals surface area contributed by atoms with Crippen LogP contribution in [0.2, 0.25) is 5.02 Å². The first kappa shape index (κ1) is 17.3. The first-order chi connectivity index (χ1) is 9.04. The van der Waals surface area contributed by atoms with Gasteiger partial charge in [-0.15, -0.1) is 24.0 Å². The van der Waals surface area contributed by atoms with Crippen LogP contribution in [0.1, 0.15) is 31.2 Å². The fourth-order valence-corrected chi connectivity index (χ4v) is 2.44. The lowest BCUT2D eigenvalue weighted by Crippen LogP contribution is -2.46. The molecule has 20 heavy (non-hydrogen) atoms.